The summed E-state index contributed by atoms with van der Waals surface area (Å²) in [7, 11) is 0. The van der Waals surface area contributed by atoms with E-state index in [4.69, 9.17) is 16.3 Å². The molecular formula is C17H25ClO2. The highest BCUT2D eigenvalue weighted by molar-refractivity contribution is 6.64. The van der Waals surface area contributed by atoms with Crippen LogP contribution in [0.1, 0.15) is 52.0 Å². The van der Waals surface area contributed by atoms with E-state index in [0.29, 0.717) is 6.61 Å². The number of aryl methyl sites for hydroxylation is 1. The Morgan fingerprint density at radius 3 is 2.60 bits per heavy atom. The second-order valence-corrected chi connectivity index (χ2v) is 6.16. The Hall–Kier alpha value is -1.02. The highest BCUT2D eigenvalue weighted by Gasteiger charge is 2.24. The van der Waals surface area contributed by atoms with Gasteiger partial charge in [-0.1, -0.05) is 45.4 Å². The molecule has 0 aliphatic carbocycles. The number of unbranched alkanes of at least 4 members (excludes halogenated alkanes) is 1. The molecule has 0 unspecified atom stereocenters. The van der Waals surface area contributed by atoms with E-state index in [1.807, 2.05) is 32.0 Å². The lowest BCUT2D eigenvalue weighted by Crippen LogP contribution is -2.20. The number of rotatable bonds is 9. The van der Waals surface area contributed by atoms with Crippen molar-refractivity contribution >= 4 is 16.8 Å². The van der Waals surface area contributed by atoms with Gasteiger partial charge in [-0.3, -0.25) is 4.79 Å². The first kappa shape index (κ1) is 17.0. The van der Waals surface area contributed by atoms with Gasteiger partial charge >= 0.3 is 0 Å². The van der Waals surface area contributed by atoms with Gasteiger partial charge in [-0.15, -0.1) is 0 Å². The fourth-order valence-corrected chi connectivity index (χ4v) is 2.11. The summed E-state index contributed by atoms with van der Waals surface area (Å²) in [5.41, 5.74) is 0.800. The molecule has 0 saturated carbocycles. The van der Waals surface area contributed by atoms with Crippen molar-refractivity contribution in [3.05, 3.63) is 29.8 Å². The normalized spacial score (nSPS) is 11.4. The van der Waals surface area contributed by atoms with Crippen LogP contribution in [0.25, 0.3) is 0 Å². The summed E-state index contributed by atoms with van der Waals surface area (Å²) in [6.45, 7) is 6.56. The van der Waals surface area contributed by atoms with E-state index in [2.05, 4.69) is 13.0 Å². The van der Waals surface area contributed by atoms with E-state index >= 15 is 0 Å². The average Bonchev–Trinajstić information content (AvgIpc) is 2.42. The Labute approximate surface area is 127 Å². The number of halogens is 1. The zero-order chi connectivity index (χ0) is 15.0. The number of carbonyl (C=O) groups is 1. The van der Waals surface area contributed by atoms with E-state index in [1.165, 1.54) is 18.4 Å². The van der Waals surface area contributed by atoms with Crippen molar-refractivity contribution in [1.82, 2.24) is 0 Å². The van der Waals surface area contributed by atoms with Crippen molar-refractivity contribution in [1.29, 1.82) is 0 Å². The molecule has 0 aromatic heterocycles. The van der Waals surface area contributed by atoms with E-state index in [-0.39, 0.29) is 5.24 Å². The van der Waals surface area contributed by atoms with Crippen LogP contribution in [-0.2, 0) is 11.2 Å². The Morgan fingerprint density at radius 1 is 1.25 bits per heavy atom. The molecule has 20 heavy (non-hydrogen) atoms. The predicted molar refractivity (Wildman–Crippen MR) is 84.4 cm³/mol. The average molecular weight is 297 g/mol. The van der Waals surface area contributed by atoms with Crippen LogP contribution in [0.3, 0.4) is 0 Å². The first-order valence-electron chi connectivity index (χ1n) is 7.38. The molecule has 112 valence electrons. The van der Waals surface area contributed by atoms with E-state index in [1.54, 1.807) is 0 Å². The van der Waals surface area contributed by atoms with Crippen molar-refractivity contribution in [2.75, 3.05) is 6.61 Å². The summed E-state index contributed by atoms with van der Waals surface area (Å²) in [5.74, 6) is 0.968. The molecule has 0 amide bonds. The maximum atomic E-state index is 11.2. The Morgan fingerprint density at radius 2 is 1.95 bits per heavy atom. The van der Waals surface area contributed by atoms with Gasteiger partial charge in [-0.2, -0.15) is 0 Å². The van der Waals surface area contributed by atoms with Gasteiger partial charge in [0.05, 0.1) is 6.61 Å². The first-order chi connectivity index (χ1) is 9.47. The third-order valence-corrected chi connectivity index (χ3v) is 4.02. The lowest BCUT2D eigenvalue weighted by Gasteiger charge is -2.19. The Kier molecular flexibility index (Phi) is 7.08. The van der Waals surface area contributed by atoms with E-state index < -0.39 is 5.41 Å². The van der Waals surface area contributed by atoms with Crippen molar-refractivity contribution < 1.29 is 9.53 Å². The SMILES string of the molecule is CCCCc1ccccc1OCCCC(C)(C)C(=O)Cl. The number of hydrogen-bond acceptors (Lipinski definition) is 2. The molecule has 0 saturated heterocycles. The number of hydrogen-bond donors (Lipinski definition) is 0. The zero-order valence-electron chi connectivity index (χ0n) is 12.7. The van der Waals surface area contributed by atoms with Crippen molar-refractivity contribution in [3.8, 4) is 5.75 Å². The van der Waals surface area contributed by atoms with Gasteiger partial charge in [-0.05, 0) is 48.9 Å². The number of carbonyl (C=O) groups excluding carboxylic acids is 1. The number of ether oxygens (including phenoxy) is 1. The summed E-state index contributed by atoms with van der Waals surface area (Å²) in [6.07, 6.45) is 4.98. The van der Waals surface area contributed by atoms with Gasteiger partial charge in [0, 0.05) is 5.41 Å². The van der Waals surface area contributed by atoms with Crippen LogP contribution in [0.15, 0.2) is 24.3 Å². The molecule has 0 aliphatic rings. The van der Waals surface area contributed by atoms with Crippen molar-refractivity contribution in [3.63, 3.8) is 0 Å². The largest absolute Gasteiger partial charge is 0.493 e. The summed E-state index contributed by atoms with van der Waals surface area (Å²) in [4.78, 5) is 11.2. The molecule has 0 aliphatic heterocycles. The summed E-state index contributed by atoms with van der Waals surface area (Å²) >= 11 is 5.57. The molecule has 0 atom stereocenters. The van der Waals surface area contributed by atoms with Crippen molar-refractivity contribution in [2.24, 2.45) is 5.41 Å². The first-order valence-corrected chi connectivity index (χ1v) is 7.76. The van der Waals surface area contributed by atoms with Crippen LogP contribution >= 0.6 is 11.6 Å². The standard InChI is InChI=1S/C17H25ClO2/c1-4-5-9-14-10-6-7-11-15(14)20-13-8-12-17(2,3)16(18)19/h6-7,10-11H,4-5,8-9,12-13H2,1-3H3. The molecule has 1 aromatic rings. The third kappa shape index (κ3) is 5.54. The molecule has 0 fully saturated rings. The summed E-state index contributed by atoms with van der Waals surface area (Å²) in [6, 6.07) is 8.18. The minimum atomic E-state index is -0.466. The fourth-order valence-electron chi connectivity index (χ4n) is 2.01. The lowest BCUT2D eigenvalue weighted by atomic mass is 9.90. The van der Waals surface area contributed by atoms with Crippen LogP contribution in [0.4, 0.5) is 0 Å². The van der Waals surface area contributed by atoms with Gasteiger partial charge in [0.2, 0.25) is 5.24 Å². The van der Waals surface area contributed by atoms with Crippen LogP contribution in [0, 0.1) is 5.41 Å². The molecule has 3 heteroatoms. The van der Waals surface area contributed by atoms with Crippen LogP contribution in [0.2, 0.25) is 0 Å². The zero-order valence-corrected chi connectivity index (χ0v) is 13.5. The summed E-state index contributed by atoms with van der Waals surface area (Å²) in [5, 5.41) is -0.277. The van der Waals surface area contributed by atoms with Gasteiger partial charge in [0.15, 0.2) is 0 Å². The van der Waals surface area contributed by atoms with E-state index in [9.17, 15) is 4.79 Å². The second-order valence-electron chi connectivity index (χ2n) is 5.82. The molecule has 1 rings (SSSR count). The molecule has 0 bridgehead atoms. The van der Waals surface area contributed by atoms with Gasteiger partial charge < -0.3 is 4.74 Å². The quantitative estimate of drug-likeness (QED) is 0.474. The van der Waals surface area contributed by atoms with Gasteiger partial charge in [-0.25, -0.2) is 0 Å². The lowest BCUT2D eigenvalue weighted by molar-refractivity contribution is -0.119. The molecular weight excluding hydrogens is 272 g/mol. The Balaban J connectivity index is 2.44. The minimum absolute atomic E-state index is 0.277. The fraction of sp³-hybridized carbons (Fsp3) is 0.588. The molecule has 1 aromatic carbocycles. The van der Waals surface area contributed by atoms with Gasteiger partial charge in [0.1, 0.15) is 5.75 Å². The summed E-state index contributed by atoms with van der Waals surface area (Å²) < 4.78 is 5.85. The highest BCUT2D eigenvalue weighted by Crippen LogP contribution is 2.26. The number of para-hydroxylation sites is 1. The number of benzene rings is 1. The third-order valence-electron chi connectivity index (χ3n) is 3.51. The van der Waals surface area contributed by atoms with E-state index in [0.717, 1.165) is 25.0 Å². The molecule has 0 heterocycles. The maximum absolute atomic E-state index is 11.2. The predicted octanol–water partition coefficient (Wildman–Crippen LogP) is 4.98. The monoisotopic (exact) mass is 296 g/mol. The highest BCUT2D eigenvalue weighted by atomic mass is 35.5. The minimum Gasteiger partial charge on any atom is -0.493 e. The van der Waals surface area contributed by atoms with Crippen LogP contribution < -0.4 is 4.74 Å². The van der Waals surface area contributed by atoms with Gasteiger partial charge in [0.25, 0.3) is 0 Å². The Bertz CT molecular complexity index is 427. The molecule has 0 N–H and O–H groups in total. The molecule has 2 nitrogen and oxygen atoms in total. The second kappa shape index (κ2) is 8.31. The van der Waals surface area contributed by atoms with Crippen LogP contribution in [-0.4, -0.2) is 11.8 Å². The molecule has 0 spiro atoms. The maximum Gasteiger partial charge on any atom is 0.227 e. The topological polar surface area (TPSA) is 26.3 Å². The smallest absolute Gasteiger partial charge is 0.227 e. The van der Waals surface area contributed by atoms with Crippen LogP contribution in [0.5, 0.6) is 5.75 Å². The van der Waals surface area contributed by atoms with Crippen molar-refractivity contribution in [2.45, 2.75) is 52.9 Å². The molecule has 0 radical (unpaired) electrons.